The molecule has 0 spiro atoms. The van der Waals surface area contributed by atoms with Crippen LogP contribution in [0.15, 0.2) is 41.2 Å². The molecule has 0 unspecified atom stereocenters. The summed E-state index contributed by atoms with van der Waals surface area (Å²) in [6, 6.07) is 7.46. The second-order valence-corrected chi connectivity index (χ2v) is 4.96. The van der Waals surface area contributed by atoms with E-state index in [-0.39, 0.29) is 11.1 Å². The van der Waals surface area contributed by atoms with Gasteiger partial charge in [-0.15, -0.1) is 0 Å². The Kier molecular flexibility index (Phi) is 3.13. The Labute approximate surface area is 127 Å². The topological polar surface area (TPSA) is 59.4 Å². The summed E-state index contributed by atoms with van der Waals surface area (Å²) >= 11 is 0. The summed E-state index contributed by atoms with van der Waals surface area (Å²) in [6.45, 7) is 0. The molecule has 23 heavy (non-hydrogen) atoms. The smallest absolute Gasteiger partial charge is 0.306 e. The van der Waals surface area contributed by atoms with E-state index in [1.165, 1.54) is 12.1 Å². The highest BCUT2D eigenvalue weighted by molar-refractivity contribution is 6.34. The predicted octanol–water partition coefficient (Wildman–Crippen LogP) is 2.20. The van der Waals surface area contributed by atoms with Gasteiger partial charge >= 0.3 is 6.18 Å². The lowest BCUT2D eigenvalue weighted by Crippen LogP contribution is -2.37. The van der Waals surface area contributed by atoms with Gasteiger partial charge in [0.05, 0.1) is 11.1 Å². The van der Waals surface area contributed by atoms with E-state index < -0.39 is 34.9 Å². The van der Waals surface area contributed by atoms with Crippen molar-refractivity contribution in [2.45, 2.75) is 6.18 Å². The molecule has 1 aromatic heterocycles. The van der Waals surface area contributed by atoms with Crippen LogP contribution in [0.3, 0.4) is 0 Å². The van der Waals surface area contributed by atoms with Gasteiger partial charge in [-0.25, -0.2) is 4.90 Å². The molecule has 2 heterocycles. The maximum atomic E-state index is 12.8. The predicted molar refractivity (Wildman–Crippen MR) is 74.3 cm³/mol. The van der Waals surface area contributed by atoms with Crippen molar-refractivity contribution < 1.29 is 22.8 Å². The average Bonchev–Trinajstić information content (AvgIpc) is 2.73. The van der Waals surface area contributed by atoms with E-state index in [4.69, 9.17) is 0 Å². The van der Waals surface area contributed by atoms with Crippen LogP contribution in [0.4, 0.5) is 18.9 Å². The first-order valence-electron chi connectivity index (χ1n) is 6.48. The molecule has 1 aliphatic heterocycles. The van der Waals surface area contributed by atoms with Crippen molar-refractivity contribution in [3.8, 4) is 0 Å². The van der Waals surface area contributed by atoms with Crippen LogP contribution in [0, 0.1) is 0 Å². The molecule has 1 aromatic carbocycles. The van der Waals surface area contributed by atoms with Gasteiger partial charge in [0.15, 0.2) is 0 Å². The fraction of sp³-hybridized carbons (Fsp3) is 0.133. The third kappa shape index (κ3) is 2.14. The number of anilines is 1. The number of hydrogen-bond acceptors (Lipinski definition) is 3. The Morgan fingerprint density at radius 3 is 1.87 bits per heavy atom. The molecule has 2 amide bonds. The van der Waals surface area contributed by atoms with Crippen molar-refractivity contribution in [1.82, 2.24) is 4.57 Å². The molecule has 8 heteroatoms. The summed E-state index contributed by atoms with van der Waals surface area (Å²) in [5.74, 6) is -1.47. The third-order valence-electron chi connectivity index (χ3n) is 3.61. The zero-order valence-electron chi connectivity index (χ0n) is 11.7. The summed E-state index contributed by atoms with van der Waals surface area (Å²) in [6.07, 6.45) is -4.71. The molecule has 0 saturated carbocycles. The number of benzene rings is 1. The zero-order valence-corrected chi connectivity index (χ0v) is 11.7. The van der Waals surface area contributed by atoms with Gasteiger partial charge in [-0.2, -0.15) is 13.2 Å². The van der Waals surface area contributed by atoms with Crippen LogP contribution < -0.4 is 10.5 Å². The molecule has 0 atom stereocenters. The molecule has 2 aromatic rings. The van der Waals surface area contributed by atoms with Gasteiger partial charge in [0.25, 0.3) is 17.4 Å². The van der Waals surface area contributed by atoms with Crippen molar-refractivity contribution >= 4 is 17.5 Å². The summed E-state index contributed by atoms with van der Waals surface area (Å²) in [5.41, 5.74) is -2.43. The minimum absolute atomic E-state index is 0.111. The fourth-order valence-corrected chi connectivity index (χ4v) is 2.49. The van der Waals surface area contributed by atoms with Gasteiger partial charge in [0.1, 0.15) is 11.4 Å². The Bertz CT molecular complexity index is 865. The molecule has 3 rings (SSSR count). The van der Waals surface area contributed by atoms with Gasteiger partial charge in [-0.3, -0.25) is 14.4 Å². The maximum absolute atomic E-state index is 12.8. The Balaban J connectivity index is 2.15. The quantitative estimate of drug-likeness (QED) is 0.756. The number of halogens is 3. The Hall–Kier alpha value is -2.90. The minimum atomic E-state index is -4.71. The van der Waals surface area contributed by atoms with E-state index >= 15 is 0 Å². The lowest BCUT2D eigenvalue weighted by Gasteiger charge is -2.17. The van der Waals surface area contributed by atoms with Crippen LogP contribution in [-0.2, 0) is 13.2 Å². The van der Waals surface area contributed by atoms with Gasteiger partial charge < -0.3 is 4.57 Å². The molecule has 118 valence electrons. The Morgan fingerprint density at radius 2 is 1.39 bits per heavy atom. The molecule has 5 nitrogen and oxygen atoms in total. The van der Waals surface area contributed by atoms with Gasteiger partial charge in [0, 0.05) is 7.05 Å². The van der Waals surface area contributed by atoms with Crippen LogP contribution >= 0.6 is 0 Å². The number of aromatic nitrogens is 1. The molecule has 0 radical (unpaired) electrons. The number of imide groups is 1. The SMILES string of the molecule is Cn1c(C(F)(F)F)ccc(N2C(=O)c3ccccc3C2=O)c1=O. The summed E-state index contributed by atoms with van der Waals surface area (Å²) in [5, 5.41) is 0. The van der Waals surface area contributed by atoms with E-state index in [9.17, 15) is 27.6 Å². The molecule has 1 aliphatic rings. The molecule has 0 bridgehead atoms. The molecule has 0 fully saturated rings. The van der Waals surface area contributed by atoms with Crippen LogP contribution in [0.5, 0.6) is 0 Å². The van der Waals surface area contributed by atoms with Crippen LogP contribution in [0.25, 0.3) is 0 Å². The summed E-state index contributed by atoms with van der Waals surface area (Å²) in [7, 11) is 0.937. The van der Waals surface area contributed by atoms with Crippen molar-refractivity contribution in [2.75, 3.05) is 4.90 Å². The fourth-order valence-electron chi connectivity index (χ4n) is 2.49. The Morgan fingerprint density at radius 1 is 0.870 bits per heavy atom. The van der Waals surface area contributed by atoms with Crippen LogP contribution in [0.1, 0.15) is 26.4 Å². The average molecular weight is 322 g/mol. The molecule has 0 N–H and O–H groups in total. The number of carbonyl (C=O) groups is 2. The highest BCUT2D eigenvalue weighted by Crippen LogP contribution is 2.30. The van der Waals surface area contributed by atoms with E-state index in [2.05, 4.69) is 0 Å². The monoisotopic (exact) mass is 322 g/mol. The second-order valence-electron chi connectivity index (χ2n) is 4.96. The molecule has 0 aliphatic carbocycles. The summed E-state index contributed by atoms with van der Waals surface area (Å²) < 4.78 is 38.8. The highest BCUT2D eigenvalue weighted by Gasteiger charge is 2.39. The highest BCUT2D eigenvalue weighted by atomic mass is 19.4. The van der Waals surface area contributed by atoms with Crippen molar-refractivity contribution in [2.24, 2.45) is 7.05 Å². The van der Waals surface area contributed by atoms with Crippen molar-refractivity contribution in [3.05, 3.63) is 63.6 Å². The first-order valence-corrected chi connectivity index (χ1v) is 6.48. The number of hydrogen-bond donors (Lipinski definition) is 0. The molecule has 0 saturated heterocycles. The molecular weight excluding hydrogens is 313 g/mol. The standard InChI is InChI=1S/C15H9F3N2O3/c1-19-11(15(16,17)18)7-6-10(14(19)23)20-12(21)8-4-2-3-5-9(8)13(20)22/h2-7H,1H3. The van der Waals surface area contributed by atoms with Gasteiger partial charge in [-0.1, -0.05) is 12.1 Å². The normalized spacial score (nSPS) is 14.3. The van der Waals surface area contributed by atoms with Crippen LogP contribution in [0.2, 0.25) is 0 Å². The lowest BCUT2D eigenvalue weighted by atomic mass is 10.1. The van der Waals surface area contributed by atoms with E-state index in [0.717, 1.165) is 13.1 Å². The first-order chi connectivity index (χ1) is 10.7. The lowest BCUT2D eigenvalue weighted by molar-refractivity contribution is -0.143. The number of alkyl halides is 3. The molecular formula is C15H9F3N2O3. The number of fused-ring (bicyclic) bond motifs is 1. The second kappa shape index (κ2) is 4.80. The maximum Gasteiger partial charge on any atom is 0.431 e. The number of nitrogens with zero attached hydrogens (tertiary/aromatic N) is 2. The minimum Gasteiger partial charge on any atom is -0.306 e. The number of amides is 2. The van der Waals surface area contributed by atoms with E-state index in [1.807, 2.05) is 0 Å². The zero-order chi connectivity index (χ0) is 16.9. The van der Waals surface area contributed by atoms with E-state index in [1.54, 1.807) is 12.1 Å². The van der Waals surface area contributed by atoms with Crippen molar-refractivity contribution in [1.29, 1.82) is 0 Å². The largest absolute Gasteiger partial charge is 0.431 e. The van der Waals surface area contributed by atoms with Crippen LogP contribution in [-0.4, -0.2) is 16.4 Å². The van der Waals surface area contributed by atoms with Gasteiger partial charge in [-0.05, 0) is 24.3 Å². The van der Waals surface area contributed by atoms with Gasteiger partial charge in [0.2, 0.25) is 0 Å². The third-order valence-corrected chi connectivity index (χ3v) is 3.61. The summed E-state index contributed by atoms with van der Waals surface area (Å²) in [4.78, 5) is 37.4. The first kappa shape index (κ1) is 15.0. The number of carbonyl (C=O) groups excluding carboxylic acids is 2. The number of rotatable bonds is 1. The van der Waals surface area contributed by atoms with Crippen molar-refractivity contribution in [3.63, 3.8) is 0 Å². The number of pyridine rings is 1. The van der Waals surface area contributed by atoms with E-state index in [0.29, 0.717) is 15.5 Å².